The number of amides is 1. The number of hydrogen-bond acceptors (Lipinski definition) is 3. The minimum atomic E-state index is -0.240. The Balaban J connectivity index is 1.66. The van der Waals surface area contributed by atoms with Crippen LogP contribution in [0.25, 0.3) is 11.0 Å². The molecule has 6 heteroatoms. The summed E-state index contributed by atoms with van der Waals surface area (Å²) in [7, 11) is 1.85. The standard InChI is InChI=1S/C20H21FN4O/c1-11-8-13(4-7-16(11)21)10-22-20(26)15-9-17(14-5-6-14)23-19-18(15)12(2)24-25(19)3/h4,7-9,14H,5-6,10H2,1-3H3,(H,22,26). The zero-order chi connectivity index (χ0) is 18.4. The first-order valence-corrected chi connectivity index (χ1v) is 8.81. The predicted molar refractivity (Wildman–Crippen MR) is 97.5 cm³/mol. The monoisotopic (exact) mass is 352 g/mol. The summed E-state index contributed by atoms with van der Waals surface area (Å²) >= 11 is 0. The molecule has 2 heterocycles. The van der Waals surface area contributed by atoms with Gasteiger partial charge in [-0.05, 0) is 49.9 Å². The van der Waals surface area contributed by atoms with Crippen LogP contribution in [0.4, 0.5) is 4.39 Å². The summed E-state index contributed by atoms with van der Waals surface area (Å²) in [6.45, 7) is 3.96. The summed E-state index contributed by atoms with van der Waals surface area (Å²) in [6, 6.07) is 6.77. The fourth-order valence-electron chi connectivity index (χ4n) is 3.33. The predicted octanol–water partition coefficient (Wildman–Crippen LogP) is 3.53. The van der Waals surface area contributed by atoms with Gasteiger partial charge >= 0.3 is 0 Å². The lowest BCUT2D eigenvalue weighted by molar-refractivity contribution is 0.0952. The summed E-state index contributed by atoms with van der Waals surface area (Å²) in [5.41, 5.74) is 4.55. The molecule has 0 spiro atoms. The van der Waals surface area contributed by atoms with Crippen LogP contribution in [-0.2, 0) is 13.6 Å². The lowest BCUT2D eigenvalue weighted by atomic mass is 10.1. The Kier molecular flexibility index (Phi) is 3.98. The smallest absolute Gasteiger partial charge is 0.252 e. The number of carbonyl (C=O) groups is 1. The SMILES string of the molecule is Cc1cc(CNC(=O)c2cc(C3CC3)nc3c2c(C)nn3C)ccc1F. The molecule has 2 aromatic heterocycles. The first-order chi connectivity index (χ1) is 12.4. The van der Waals surface area contributed by atoms with E-state index >= 15 is 0 Å². The van der Waals surface area contributed by atoms with Gasteiger partial charge in [-0.25, -0.2) is 9.37 Å². The van der Waals surface area contributed by atoms with Gasteiger partial charge in [0.05, 0.1) is 16.6 Å². The number of hydrogen-bond donors (Lipinski definition) is 1. The van der Waals surface area contributed by atoms with Crippen LogP contribution >= 0.6 is 0 Å². The van der Waals surface area contributed by atoms with Gasteiger partial charge < -0.3 is 5.32 Å². The molecule has 1 saturated carbocycles. The highest BCUT2D eigenvalue weighted by atomic mass is 19.1. The van der Waals surface area contributed by atoms with Crippen LogP contribution in [0, 0.1) is 19.7 Å². The van der Waals surface area contributed by atoms with Gasteiger partial charge in [0.25, 0.3) is 5.91 Å². The van der Waals surface area contributed by atoms with Crippen LogP contribution < -0.4 is 5.32 Å². The van der Waals surface area contributed by atoms with Gasteiger partial charge in [-0.15, -0.1) is 0 Å². The van der Waals surface area contributed by atoms with Crippen molar-refractivity contribution in [1.82, 2.24) is 20.1 Å². The second-order valence-electron chi connectivity index (χ2n) is 7.04. The zero-order valence-corrected chi connectivity index (χ0v) is 15.1. The second kappa shape index (κ2) is 6.20. The van der Waals surface area contributed by atoms with E-state index in [1.165, 1.54) is 6.07 Å². The van der Waals surface area contributed by atoms with Crippen molar-refractivity contribution in [1.29, 1.82) is 0 Å². The molecule has 1 fully saturated rings. The van der Waals surface area contributed by atoms with Crippen molar-refractivity contribution in [2.45, 2.75) is 39.2 Å². The third-order valence-corrected chi connectivity index (χ3v) is 4.90. The number of rotatable bonds is 4. The molecule has 0 aliphatic heterocycles. The maximum atomic E-state index is 13.4. The number of halogens is 1. The normalized spacial score (nSPS) is 14.0. The number of carbonyl (C=O) groups excluding carboxylic acids is 1. The largest absolute Gasteiger partial charge is 0.348 e. The van der Waals surface area contributed by atoms with E-state index in [4.69, 9.17) is 4.98 Å². The molecule has 26 heavy (non-hydrogen) atoms. The quantitative estimate of drug-likeness (QED) is 0.781. The second-order valence-corrected chi connectivity index (χ2v) is 7.04. The summed E-state index contributed by atoms with van der Waals surface area (Å²) in [4.78, 5) is 17.6. The van der Waals surface area contributed by atoms with Crippen LogP contribution in [0.15, 0.2) is 24.3 Å². The van der Waals surface area contributed by atoms with Crippen LogP contribution in [0.1, 0.15) is 51.6 Å². The fraction of sp³-hybridized carbons (Fsp3) is 0.350. The van der Waals surface area contributed by atoms with Gasteiger partial charge in [0.15, 0.2) is 5.65 Å². The average Bonchev–Trinajstić information content (AvgIpc) is 3.42. The number of fused-ring (bicyclic) bond motifs is 1. The lowest BCUT2D eigenvalue weighted by Crippen LogP contribution is -2.23. The van der Waals surface area contributed by atoms with Gasteiger partial charge in [-0.1, -0.05) is 12.1 Å². The van der Waals surface area contributed by atoms with Crippen molar-refractivity contribution in [3.05, 3.63) is 58.2 Å². The van der Waals surface area contributed by atoms with Gasteiger partial charge in [0.1, 0.15) is 5.82 Å². The molecule has 0 unspecified atom stereocenters. The summed E-state index contributed by atoms with van der Waals surface area (Å²) in [5.74, 6) is 0.0502. The van der Waals surface area contributed by atoms with E-state index in [1.54, 1.807) is 23.7 Å². The maximum Gasteiger partial charge on any atom is 0.252 e. The Labute approximate surface area is 151 Å². The van der Waals surface area contributed by atoms with Gasteiger partial charge in [0, 0.05) is 25.2 Å². The summed E-state index contributed by atoms with van der Waals surface area (Å²) in [6.07, 6.45) is 2.23. The molecule has 4 rings (SSSR count). The van der Waals surface area contributed by atoms with Crippen LogP contribution in [0.5, 0.6) is 0 Å². The molecular weight excluding hydrogens is 331 g/mol. The Morgan fingerprint density at radius 3 is 2.77 bits per heavy atom. The number of aryl methyl sites for hydroxylation is 3. The zero-order valence-electron chi connectivity index (χ0n) is 15.1. The minimum Gasteiger partial charge on any atom is -0.348 e. The third-order valence-electron chi connectivity index (χ3n) is 4.90. The van der Waals surface area contributed by atoms with E-state index in [2.05, 4.69) is 10.4 Å². The summed E-state index contributed by atoms with van der Waals surface area (Å²) in [5, 5.41) is 8.17. The number of aromatic nitrogens is 3. The molecule has 0 atom stereocenters. The van der Waals surface area contributed by atoms with Crippen molar-refractivity contribution in [3.63, 3.8) is 0 Å². The van der Waals surface area contributed by atoms with E-state index in [-0.39, 0.29) is 11.7 Å². The van der Waals surface area contributed by atoms with Crippen molar-refractivity contribution in [3.8, 4) is 0 Å². The number of nitrogens with one attached hydrogen (secondary N) is 1. The molecule has 1 aliphatic carbocycles. The van der Waals surface area contributed by atoms with E-state index < -0.39 is 0 Å². The Hall–Kier alpha value is -2.76. The molecule has 1 aromatic carbocycles. The molecular formula is C20H21FN4O. The highest BCUT2D eigenvalue weighted by molar-refractivity contribution is 6.06. The molecule has 5 nitrogen and oxygen atoms in total. The van der Waals surface area contributed by atoms with Crippen LogP contribution in [-0.4, -0.2) is 20.7 Å². The Bertz CT molecular complexity index is 1020. The van der Waals surface area contributed by atoms with E-state index in [0.717, 1.165) is 40.8 Å². The minimum absolute atomic E-state index is 0.155. The fourth-order valence-corrected chi connectivity index (χ4v) is 3.33. The van der Waals surface area contributed by atoms with Crippen LogP contribution in [0.2, 0.25) is 0 Å². The molecule has 1 aliphatic rings. The van der Waals surface area contributed by atoms with Crippen molar-refractivity contribution >= 4 is 16.9 Å². The van der Waals surface area contributed by atoms with Gasteiger partial charge in [-0.2, -0.15) is 5.10 Å². The average molecular weight is 352 g/mol. The van der Waals surface area contributed by atoms with Gasteiger partial charge in [-0.3, -0.25) is 9.48 Å². The van der Waals surface area contributed by atoms with E-state index in [9.17, 15) is 9.18 Å². The van der Waals surface area contributed by atoms with Crippen molar-refractivity contribution in [2.75, 3.05) is 0 Å². The first-order valence-electron chi connectivity index (χ1n) is 8.81. The highest BCUT2D eigenvalue weighted by Crippen LogP contribution is 2.40. The lowest BCUT2D eigenvalue weighted by Gasteiger charge is -2.10. The van der Waals surface area contributed by atoms with Crippen molar-refractivity contribution in [2.24, 2.45) is 7.05 Å². The Morgan fingerprint density at radius 2 is 2.08 bits per heavy atom. The Morgan fingerprint density at radius 1 is 1.31 bits per heavy atom. The highest BCUT2D eigenvalue weighted by Gasteiger charge is 2.28. The van der Waals surface area contributed by atoms with Crippen LogP contribution in [0.3, 0.4) is 0 Å². The molecule has 134 valence electrons. The molecule has 1 amide bonds. The van der Waals surface area contributed by atoms with Gasteiger partial charge in [0.2, 0.25) is 0 Å². The van der Waals surface area contributed by atoms with E-state index in [1.807, 2.05) is 20.0 Å². The van der Waals surface area contributed by atoms with Crippen molar-refractivity contribution < 1.29 is 9.18 Å². The molecule has 1 N–H and O–H groups in total. The molecule has 0 saturated heterocycles. The number of nitrogens with zero attached hydrogens (tertiary/aromatic N) is 3. The third kappa shape index (κ3) is 2.96. The topological polar surface area (TPSA) is 59.8 Å². The molecule has 3 aromatic rings. The number of benzene rings is 1. The molecule has 0 bridgehead atoms. The maximum absolute atomic E-state index is 13.4. The summed E-state index contributed by atoms with van der Waals surface area (Å²) < 4.78 is 15.1. The van der Waals surface area contributed by atoms with E-state index in [0.29, 0.717) is 23.6 Å². The molecule has 0 radical (unpaired) electrons. The number of pyridine rings is 1. The first kappa shape index (κ1) is 16.7.